The van der Waals surface area contributed by atoms with Gasteiger partial charge in [-0.25, -0.2) is 0 Å². The van der Waals surface area contributed by atoms with Crippen molar-refractivity contribution in [1.29, 1.82) is 0 Å². The van der Waals surface area contributed by atoms with Gasteiger partial charge in [0.1, 0.15) is 0 Å². The zero-order valence-corrected chi connectivity index (χ0v) is 11.7. The summed E-state index contributed by atoms with van der Waals surface area (Å²) in [5.74, 6) is 0.161. The molecule has 112 valence electrons. The zero-order valence-electron chi connectivity index (χ0n) is 11.7. The van der Waals surface area contributed by atoms with Gasteiger partial charge in [-0.3, -0.25) is 15.0 Å². The van der Waals surface area contributed by atoms with Gasteiger partial charge in [0.15, 0.2) is 5.75 Å². The van der Waals surface area contributed by atoms with E-state index < -0.39 is 11.0 Å². The number of hydrogen-bond acceptors (Lipinski definition) is 6. The van der Waals surface area contributed by atoms with Gasteiger partial charge in [0, 0.05) is 19.2 Å². The van der Waals surface area contributed by atoms with E-state index in [9.17, 15) is 15.2 Å². The highest BCUT2D eigenvalue weighted by atomic mass is 16.6. The van der Waals surface area contributed by atoms with E-state index in [1.54, 1.807) is 6.07 Å². The number of methoxy groups -OCH3 is 1. The van der Waals surface area contributed by atoms with E-state index >= 15 is 0 Å². The minimum atomic E-state index is -0.855. The Morgan fingerprint density at radius 3 is 2.70 bits per heavy atom. The van der Waals surface area contributed by atoms with Gasteiger partial charge in [-0.15, -0.1) is 0 Å². The third kappa shape index (κ3) is 4.16. The maximum Gasteiger partial charge on any atom is 0.311 e. The Morgan fingerprint density at radius 1 is 1.50 bits per heavy atom. The second kappa shape index (κ2) is 7.78. The van der Waals surface area contributed by atoms with E-state index in [1.807, 2.05) is 11.8 Å². The second-order valence-electron chi connectivity index (χ2n) is 4.32. The van der Waals surface area contributed by atoms with Crippen LogP contribution in [0.2, 0.25) is 0 Å². The van der Waals surface area contributed by atoms with Crippen molar-refractivity contribution in [2.24, 2.45) is 0 Å². The van der Waals surface area contributed by atoms with Crippen LogP contribution in [0.15, 0.2) is 18.2 Å². The summed E-state index contributed by atoms with van der Waals surface area (Å²) >= 11 is 0. The molecule has 0 aliphatic carbocycles. The first-order chi connectivity index (χ1) is 9.53. The van der Waals surface area contributed by atoms with Crippen molar-refractivity contribution in [3.8, 4) is 5.75 Å². The first-order valence-electron chi connectivity index (χ1n) is 6.37. The molecule has 0 spiro atoms. The number of hydrogen-bond donors (Lipinski definition) is 2. The molecule has 0 aliphatic rings. The number of aliphatic hydroxyl groups excluding tert-OH is 2. The lowest BCUT2D eigenvalue weighted by atomic mass is 10.1. The molecule has 1 aromatic carbocycles. The predicted molar refractivity (Wildman–Crippen MR) is 73.8 cm³/mol. The number of nitrogens with zero attached hydrogens (tertiary/aromatic N) is 2. The SMILES string of the molecule is CCN(CCO)CC(O)c1ccc(OC)c([N+](=O)[O-])c1. The fraction of sp³-hybridized carbons (Fsp3) is 0.538. The Hall–Kier alpha value is -1.70. The highest BCUT2D eigenvalue weighted by Crippen LogP contribution is 2.30. The monoisotopic (exact) mass is 284 g/mol. The summed E-state index contributed by atoms with van der Waals surface area (Å²) in [5.41, 5.74) is 0.281. The average molecular weight is 284 g/mol. The maximum absolute atomic E-state index is 10.9. The van der Waals surface area contributed by atoms with Crippen LogP contribution in [0.1, 0.15) is 18.6 Å². The summed E-state index contributed by atoms with van der Waals surface area (Å²) in [7, 11) is 1.36. The van der Waals surface area contributed by atoms with Gasteiger partial charge < -0.3 is 14.9 Å². The summed E-state index contributed by atoms with van der Waals surface area (Å²) in [5, 5.41) is 30.0. The van der Waals surface area contributed by atoms with Crippen molar-refractivity contribution in [3.05, 3.63) is 33.9 Å². The number of benzene rings is 1. The molecule has 7 heteroatoms. The second-order valence-corrected chi connectivity index (χ2v) is 4.32. The molecular formula is C13H20N2O5. The minimum Gasteiger partial charge on any atom is -0.490 e. The first-order valence-corrected chi connectivity index (χ1v) is 6.37. The van der Waals surface area contributed by atoms with Crippen LogP contribution in [0, 0.1) is 10.1 Å². The van der Waals surface area contributed by atoms with Crippen LogP contribution >= 0.6 is 0 Å². The summed E-state index contributed by atoms with van der Waals surface area (Å²) in [6.45, 7) is 3.35. The fourth-order valence-corrected chi connectivity index (χ4v) is 1.93. The van der Waals surface area contributed by atoms with Crippen molar-refractivity contribution in [3.63, 3.8) is 0 Å². The van der Waals surface area contributed by atoms with Gasteiger partial charge in [-0.2, -0.15) is 0 Å². The van der Waals surface area contributed by atoms with E-state index in [4.69, 9.17) is 9.84 Å². The highest BCUT2D eigenvalue weighted by Gasteiger charge is 2.19. The molecule has 0 amide bonds. The first kappa shape index (κ1) is 16.4. The van der Waals surface area contributed by atoms with E-state index in [2.05, 4.69) is 0 Å². The van der Waals surface area contributed by atoms with Gasteiger partial charge in [-0.05, 0) is 18.2 Å². The summed E-state index contributed by atoms with van der Waals surface area (Å²) < 4.78 is 4.92. The summed E-state index contributed by atoms with van der Waals surface area (Å²) in [6.07, 6.45) is -0.855. The van der Waals surface area contributed by atoms with Gasteiger partial charge in [0.2, 0.25) is 0 Å². The topological polar surface area (TPSA) is 96.1 Å². The number of likely N-dealkylation sites (N-methyl/N-ethyl adjacent to an activating group) is 1. The predicted octanol–water partition coefficient (Wildman–Crippen LogP) is 0.951. The van der Waals surface area contributed by atoms with Crippen LogP contribution in [0.3, 0.4) is 0 Å². The Labute approximate surface area is 117 Å². The van der Waals surface area contributed by atoms with Crippen LogP contribution < -0.4 is 4.74 Å². The molecule has 20 heavy (non-hydrogen) atoms. The molecule has 0 bridgehead atoms. The lowest BCUT2D eigenvalue weighted by molar-refractivity contribution is -0.385. The molecule has 1 unspecified atom stereocenters. The van der Waals surface area contributed by atoms with Crippen molar-refractivity contribution in [2.45, 2.75) is 13.0 Å². The van der Waals surface area contributed by atoms with Gasteiger partial charge in [0.05, 0.1) is 24.7 Å². The molecule has 1 rings (SSSR count). The van der Waals surface area contributed by atoms with Crippen LogP contribution in [-0.4, -0.2) is 53.4 Å². The van der Waals surface area contributed by atoms with E-state index in [0.29, 0.717) is 25.2 Å². The Bertz CT molecular complexity index is 452. The normalized spacial score (nSPS) is 12.4. The van der Waals surface area contributed by atoms with Gasteiger partial charge in [-0.1, -0.05) is 13.0 Å². The van der Waals surface area contributed by atoms with Crippen LogP contribution in [-0.2, 0) is 0 Å². The molecule has 1 atom stereocenters. The Balaban J connectivity index is 2.90. The van der Waals surface area contributed by atoms with Gasteiger partial charge >= 0.3 is 5.69 Å². The smallest absolute Gasteiger partial charge is 0.311 e. The number of rotatable bonds is 8. The maximum atomic E-state index is 10.9. The van der Waals surface area contributed by atoms with Crippen molar-refractivity contribution in [1.82, 2.24) is 4.90 Å². The average Bonchev–Trinajstić information content (AvgIpc) is 2.45. The van der Waals surface area contributed by atoms with Crippen LogP contribution in [0.5, 0.6) is 5.75 Å². The third-order valence-electron chi connectivity index (χ3n) is 3.08. The van der Waals surface area contributed by atoms with Crippen molar-refractivity contribution >= 4 is 5.69 Å². The standard InChI is InChI=1S/C13H20N2O5/c1-3-14(6-7-16)9-12(17)10-4-5-13(20-2)11(8-10)15(18)19/h4-5,8,12,16-17H,3,6-7,9H2,1-2H3. The highest BCUT2D eigenvalue weighted by molar-refractivity contribution is 5.49. The molecule has 0 saturated carbocycles. The van der Waals surface area contributed by atoms with Crippen LogP contribution in [0.25, 0.3) is 0 Å². The number of ether oxygens (including phenoxy) is 1. The van der Waals surface area contributed by atoms with Crippen molar-refractivity contribution < 1.29 is 19.9 Å². The number of nitro groups is 1. The quantitative estimate of drug-likeness (QED) is 0.545. The van der Waals surface area contributed by atoms with E-state index in [0.717, 1.165) is 0 Å². The third-order valence-corrected chi connectivity index (χ3v) is 3.08. The molecular weight excluding hydrogens is 264 g/mol. The molecule has 2 N–H and O–H groups in total. The van der Waals surface area contributed by atoms with Crippen molar-refractivity contribution in [2.75, 3.05) is 33.4 Å². The lowest BCUT2D eigenvalue weighted by Crippen LogP contribution is -2.31. The molecule has 0 heterocycles. The summed E-state index contributed by atoms with van der Waals surface area (Å²) in [6, 6.07) is 4.39. The molecule has 1 aromatic rings. The Kier molecular flexibility index (Phi) is 6.37. The lowest BCUT2D eigenvalue weighted by Gasteiger charge is -2.22. The number of aliphatic hydroxyl groups is 2. The van der Waals surface area contributed by atoms with Crippen LogP contribution in [0.4, 0.5) is 5.69 Å². The summed E-state index contributed by atoms with van der Waals surface area (Å²) in [4.78, 5) is 12.3. The molecule has 0 fully saturated rings. The van der Waals surface area contributed by atoms with Gasteiger partial charge in [0.25, 0.3) is 0 Å². The molecule has 0 radical (unpaired) electrons. The fourth-order valence-electron chi connectivity index (χ4n) is 1.93. The molecule has 7 nitrogen and oxygen atoms in total. The van der Waals surface area contributed by atoms with E-state index in [1.165, 1.54) is 19.2 Å². The molecule has 0 saturated heterocycles. The largest absolute Gasteiger partial charge is 0.490 e. The molecule has 0 aliphatic heterocycles. The molecule has 0 aromatic heterocycles. The van der Waals surface area contributed by atoms with E-state index in [-0.39, 0.29) is 18.0 Å². The minimum absolute atomic E-state index is 0.00329. The Morgan fingerprint density at radius 2 is 2.20 bits per heavy atom. The number of nitro benzene ring substituents is 1. The zero-order chi connectivity index (χ0) is 15.1.